The molecule has 0 bridgehead atoms. The first-order chi connectivity index (χ1) is 9.28. The lowest BCUT2D eigenvalue weighted by Crippen LogP contribution is -2.56. The van der Waals surface area contributed by atoms with E-state index in [1.807, 2.05) is 0 Å². The van der Waals surface area contributed by atoms with Crippen LogP contribution in [0, 0.1) is 0 Å². The molecule has 0 spiro atoms. The molecule has 106 valence electrons. The minimum Gasteiger partial charge on any atom is -0.374 e. The average molecular weight is 346 g/mol. The number of hydrogen-bond donors (Lipinski definition) is 2. The highest BCUT2D eigenvalue weighted by atomic mass is 79.9. The zero-order chi connectivity index (χ0) is 13.2. The average Bonchev–Trinajstić information content (AvgIpc) is 3.04. The van der Waals surface area contributed by atoms with Gasteiger partial charge in [0.2, 0.25) is 0 Å². The Hall–Kier alpha value is 0.0200. The van der Waals surface area contributed by atoms with Crippen molar-refractivity contribution in [2.45, 2.75) is 37.5 Å². The van der Waals surface area contributed by atoms with Crippen LogP contribution in [0.15, 0.2) is 15.9 Å². The van der Waals surface area contributed by atoms with E-state index >= 15 is 0 Å². The number of morpholine rings is 1. The maximum Gasteiger partial charge on any atom is 0.0872 e. The summed E-state index contributed by atoms with van der Waals surface area (Å²) in [6.07, 6.45) is 3.69. The highest BCUT2D eigenvalue weighted by Gasteiger charge is 2.35. The van der Waals surface area contributed by atoms with Crippen LogP contribution >= 0.6 is 27.3 Å². The fourth-order valence-electron chi connectivity index (χ4n) is 3.05. The van der Waals surface area contributed by atoms with Crippen LogP contribution in [0.5, 0.6) is 0 Å². The van der Waals surface area contributed by atoms with Crippen LogP contribution in [-0.4, -0.2) is 42.8 Å². The Morgan fingerprint density at radius 3 is 3.26 bits per heavy atom. The maximum absolute atomic E-state index is 6.04. The predicted molar refractivity (Wildman–Crippen MR) is 81.2 cm³/mol. The van der Waals surface area contributed by atoms with Gasteiger partial charge in [0.05, 0.1) is 18.8 Å². The summed E-state index contributed by atoms with van der Waals surface area (Å²) in [5, 5.41) is 2.10. The van der Waals surface area contributed by atoms with Crippen LogP contribution in [0.1, 0.15) is 17.7 Å². The number of fused-ring (bicyclic) bond motifs is 1. The molecule has 0 radical (unpaired) electrons. The van der Waals surface area contributed by atoms with Crippen molar-refractivity contribution >= 4 is 27.3 Å². The van der Waals surface area contributed by atoms with E-state index in [0.717, 1.165) is 19.6 Å². The molecule has 6 heteroatoms. The highest BCUT2D eigenvalue weighted by molar-refractivity contribution is 9.10. The van der Waals surface area contributed by atoms with Crippen LogP contribution in [0.2, 0.25) is 0 Å². The van der Waals surface area contributed by atoms with Crippen LogP contribution in [0.25, 0.3) is 0 Å². The Bertz CT molecular complexity index is 428. The van der Waals surface area contributed by atoms with Gasteiger partial charge in [-0.05, 0) is 46.8 Å². The molecular weight excluding hydrogens is 326 g/mol. The van der Waals surface area contributed by atoms with Gasteiger partial charge in [0.25, 0.3) is 0 Å². The summed E-state index contributed by atoms with van der Waals surface area (Å²) in [6, 6.07) is 2.91. The summed E-state index contributed by atoms with van der Waals surface area (Å²) < 4.78 is 7.21. The van der Waals surface area contributed by atoms with E-state index in [-0.39, 0.29) is 12.1 Å². The first-order valence-electron chi connectivity index (χ1n) is 6.81. The van der Waals surface area contributed by atoms with Crippen molar-refractivity contribution in [1.29, 1.82) is 0 Å². The van der Waals surface area contributed by atoms with Gasteiger partial charge in [0.15, 0.2) is 0 Å². The largest absolute Gasteiger partial charge is 0.374 e. The zero-order valence-electron chi connectivity index (χ0n) is 10.8. The number of hydrogen-bond acceptors (Lipinski definition) is 5. The maximum atomic E-state index is 6.04. The molecule has 0 aromatic carbocycles. The number of nitrogens with one attached hydrogen (secondary N) is 1. The van der Waals surface area contributed by atoms with Gasteiger partial charge in [0, 0.05) is 28.4 Å². The molecule has 4 nitrogen and oxygen atoms in total. The van der Waals surface area contributed by atoms with E-state index in [9.17, 15) is 0 Å². The minimum atomic E-state index is 0.177. The molecule has 1 aromatic rings. The lowest BCUT2D eigenvalue weighted by Gasteiger charge is -2.38. The number of ether oxygens (including phenoxy) is 1. The number of hydrazine groups is 1. The molecule has 2 fully saturated rings. The van der Waals surface area contributed by atoms with Crippen LogP contribution in [0.3, 0.4) is 0 Å². The van der Waals surface area contributed by atoms with E-state index in [2.05, 4.69) is 37.7 Å². The van der Waals surface area contributed by atoms with Gasteiger partial charge in [0.1, 0.15) is 0 Å². The molecular formula is C13H20BrN3OS. The van der Waals surface area contributed by atoms with Gasteiger partial charge >= 0.3 is 0 Å². The van der Waals surface area contributed by atoms with Crippen molar-refractivity contribution in [3.63, 3.8) is 0 Å². The van der Waals surface area contributed by atoms with Crippen molar-refractivity contribution in [2.75, 3.05) is 19.7 Å². The highest BCUT2D eigenvalue weighted by Crippen LogP contribution is 2.27. The summed E-state index contributed by atoms with van der Waals surface area (Å²) in [5.74, 6) is 5.75. The van der Waals surface area contributed by atoms with E-state index in [1.54, 1.807) is 11.3 Å². The number of nitrogens with zero attached hydrogens (tertiary/aromatic N) is 1. The molecule has 19 heavy (non-hydrogen) atoms. The third-order valence-electron chi connectivity index (χ3n) is 4.18. The Morgan fingerprint density at radius 2 is 2.53 bits per heavy atom. The Balaban J connectivity index is 1.64. The lowest BCUT2D eigenvalue weighted by molar-refractivity contribution is -0.0643. The van der Waals surface area contributed by atoms with Crippen LogP contribution in [-0.2, 0) is 11.2 Å². The summed E-state index contributed by atoms with van der Waals surface area (Å²) in [6.45, 7) is 3.07. The number of thiophene rings is 1. The first-order valence-corrected chi connectivity index (χ1v) is 8.49. The molecule has 3 N–H and O–H groups in total. The topological polar surface area (TPSA) is 50.5 Å². The number of halogens is 1. The van der Waals surface area contributed by atoms with Gasteiger partial charge < -0.3 is 4.74 Å². The molecule has 0 aliphatic carbocycles. The van der Waals surface area contributed by atoms with Gasteiger partial charge in [-0.2, -0.15) is 0 Å². The molecule has 2 aliphatic rings. The Labute approximate surface area is 126 Å². The molecule has 1 aromatic heterocycles. The summed E-state index contributed by atoms with van der Waals surface area (Å²) in [4.78, 5) is 3.89. The number of nitrogens with two attached hydrogens (primary N) is 1. The second-order valence-corrected chi connectivity index (χ2v) is 7.19. The molecule has 2 aliphatic heterocycles. The molecule has 0 amide bonds. The van der Waals surface area contributed by atoms with Crippen molar-refractivity contribution in [1.82, 2.24) is 10.3 Å². The van der Waals surface area contributed by atoms with Crippen molar-refractivity contribution in [3.8, 4) is 0 Å². The van der Waals surface area contributed by atoms with Gasteiger partial charge in [-0.15, -0.1) is 11.3 Å². The fourth-order valence-corrected chi connectivity index (χ4v) is 4.63. The first kappa shape index (κ1) is 14.0. The zero-order valence-corrected chi connectivity index (χ0v) is 13.3. The second-order valence-electron chi connectivity index (χ2n) is 5.33. The Morgan fingerprint density at radius 1 is 1.63 bits per heavy atom. The van der Waals surface area contributed by atoms with Gasteiger partial charge in [-0.3, -0.25) is 16.2 Å². The predicted octanol–water partition coefficient (Wildman–Crippen LogP) is 1.75. The fraction of sp³-hybridized carbons (Fsp3) is 0.692. The molecule has 2 saturated heterocycles. The van der Waals surface area contributed by atoms with E-state index < -0.39 is 0 Å². The standard InChI is InChI=1S/C13H20BrN3OS/c14-10-3-5-19-13(10)6-11(16-15)12-7-17-4-1-2-9(17)8-18-12/h3,5,9,11-12,16H,1-2,4,6-8,15H2. The van der Waals surface area contributed by atoms with E-state index in [1.165, 1.54) is 28.7 Å². The smallest absolute Gasteiger partial charge is 0.0872 e. The van der Waals surface area contributed by atoms with E-state index in [0.29, 0.717) is 6.04 Å². The molecule has 3 rings (SSSR count). The van der Waals surface area contributed by atoms with Crippen molar-refractivity contribution in [2.24, 2.45) is 5.84 Å². The molecule has 3 unspecified atom stereocenters. The van der Waals surface area contributed by atoms with E-state index in [4.69, 9.17) is 10.6 Å². The number of rotatable bonds is 4. The summed E-state index contributed by atoms with van der Waals surface area (Å²) in [5.41, 5.74) is 2.95. The van der Waals surface area contributed by atoms with Crippen molar-refractivity contribution in [3.05, 3.63) is 20.8 Å². The lowest BCUT2D eigenvalue weighted by atomic mass is 10.0. The minimum absolute atomic E-state index is 0.177. The SMILES string of the molecule is NNC(Cc1sccc1Br)C1CN2CCCC2CO1. The van der Waals surface area contributed by atoms with Gasteiger partial charge in [-0.1, -0.05) is 0 Å². The summed E-state index contributed by atoms with van der Waals surface area (Å²) >= 11 is 5.35. The van der Waals surface area contributed by atoms with Crippen LogP contribution < -0.4 is 11.3 Å². The Kier molecular flexibility index (Phi) is 4.56. The molecule has 0 saturated carbocycles. The molecule has 3 heterocycles. The monoisotopic (exact) mass is 345 g/mol. The third kappa shape index (κ3) is 3.04. The third-order valence-corrected chi connectivity index (χ3v) is 6.12. The van der Waals surface area contributed by atoms with Crippen molar-refractivity contribution < 1.29 is 4.74 Å². The van der Waals surface area contributed by atoms with Gasteiger partial charge in [-0.25, -0.2) is 0 Å². The summed E-state index contributed by atoms with van der Waals surface area (Å²) in [7, 11) is 0. The normalized spacial score (nSPS) is 29.4. The molecule has 3 atom stereocenters. The second kappa shape index (κ2) is 6.20. The van der Waals surface area contributed by atoms with Crippen LogP contribution in [0.4, 0.5) is 0 Å². The quantitative estimate of drug-likeness (QED) is 0.644.